The SMILES string of the molecule is CN(C)c1ccc(CCCCCCBr)cc1. The molecule has 0 aliphatic rings. The van der Waals surface area contributed by atoms with Gasteiger partial charge in [-0.3, -0.25) is 0 Å². The van der Waals surface area contributed by atoms with Crippen LogP contribution in [-0.4, -0.2) is 19.4 Å². The van der Waals surface area contributed by atoms with Crippen molar-refractivity contribution >= 4 is 21.6 Å². The van der Waals surface area contributed by atoms with Crippen molar-refractivity contribution in [3.8, 4) is 0 Å². The first kappa shape index (κ1) is 13.6. The first-order valence-electron chi connectivity index (χ1n) is 6.06. The molecule has 0 aliphatic heterocycles. The summed E-state index contributed by atoms with van der Waals surface area (Å²) in [5, 5.41) is 1.14. The normalized spacial score (nSPS) is 10.4. The summed E-state index contributed by atoms with van der Waals surface area (Å²) in [6, 6.07) is 8.90. The third-order valence-electron chi connectivity index (χ3n) is 2.80. The molecule has 1 rings (SSSR count). The van der Waals surface area contributed by atoms with Crippen LogP contribution in [0.25, 0.3) is 0 Å². The van der Waals surface area contributed by atoms with Crippen molar-refractivity contribution in [2.75, 3.05) is 24.3 Å². The monoisotopic (exact) mass is 283 g/mol. The molecular weight excluding hydrogens is 262 g/mol. The largest absolute Gasteiger partial charge is 0.378 e. The first-order chi connectivity index (χ1) is 7.74. The maximum Gasteiger partial charge on any atom is 0.0361 e. The topological polar surface area (TPSA) is 3.24 Å². The molecule has 0 bridgehead atoms. The Morgan fingerprint density at radius 1 is 0.938 bits per heavy atom. The van der Waals surface area contributed by atoms with Gasteiger partial charge in [-0.05, 0) is 37.0 Å². The van der Waals surface area contributed by atoms with Crippen LogP contribution in [-0.2, 0) is 6.42 Å². The Labute approximate surface area is 108 Å². The molecule has 1 aromatic rings. The van der Waals surface area contributed by atoms with E-state index in [0.29, 0.717) is 0 Å². The predicted octanol–water partition coefficient (Wildman–Crippen LogP) is 4.25. The van der Waals surface area contributed by atoms with Crippen molar-refractivity contribution in [1.82, 2.24) is 0 Å². The summed E-state index contributed by atoms with van der Waals surface area (Å²) < 4.78 is 0. The minimum atomic E-state index is 1.14. The van der Waals surface area contributed by atoms with E-state index in [4.69, 9.17) is 0 Å². The van der Waals surface area contributed by atoms with E-state index in [2.05, 4.69) is 59.2 Å². The van der Waals surface area contributed by atoms with E-state index in [-0.39, 0.29) is 0 Å². The van der Waals surface area contributed by atoms with Crippen LogP contribution in [0.2, 0.25) is 0 Å². The Bertz CT molecular complexity index is 279. The lowest BCUT2D eigenvalue weighted by atomic mass is 10.1. The lowest BCUT2D eigenvalue weighted by Crippen LogP contribution is -2.08. The molecule has 0 amide bonds. The second-order valence-corrected chi connectivity index (χ2v) is 5.21. The number of anilines is 1. The minimum absolute atomic E-state index is 1.14. The fourth-order valence-electron chi connectivity index (χ4n) is 1.74. The molecule has 0 saturated carbocycles. The number of aryl methyl sites for hydroxylation is 1. The lowest BCUT2D eigenvalue weighted by Gasteiger charge is -2.12. The third kappa shape index (κ3) is 5.02. The molecular formula is C14H22BrN. The van der Waals surface area contributed by atoms with E-state index in [1.807, 2.05) is 0 Å². The summed E-state index contributed by atoms with van der Waals surface area (Å²) in [6.45, 7) is 0. The van der Waals surface area contributed by atoms with Crippen LogP contribution >= 0.6 is 15.9 Å². The van der Waals surface area contributed by atoms with E-state index >= 15 is 0 Å². The van der Waals surface area contributed by atoms with Gasteiger partial charge < -0.3 is 4.90 Å². The number of rotatable bonds is 7. The van der Waals surface area contributed by atoms with Crippen LogP contribution in [0.4, 0.5) is 5.69 Å². The zero-order valence-corrected chi connectivity index (χ0v) is 12.0. The molecule has 0 fully saturated rings. The minimum Gasteiger partial charge on any atom is -0.378 e. The van der Waals surface area contributed by atoms with Gasteiger partial charge in [-0.25, -0.2) is 0 Å². The van der Waals surface area contributed by atoms with Crippen molar-refractivity contribution < 1.29 is 0 Å². The Balaban J connectivity index is 2.27. The molecule has 1 aromatic carbocycles. The van der Waals surface area contributed by atoms with Crippen molar-refractivity contribution in [3.05, 3.63) is 29.8 Å². The number of alkyl halides is 1. The van der Waals surface area contributed by atoms with Gasteiger partial charge in [-0.2, -0.15) is 0 Å². The fraction of sp³-hybridized carbons (Fsp3) is 0.571. The molecule has 0 atom stereocenters. The van der Waals surface area contributed by atoms with Crippen LogP contribution in [0.3, 0.4) is 0 Å². The van der Waals surface area contributed by atoms with Crippen molar-refractivity contribution in [2.45, 2.75) is 32.1 Å². The van der Waals surface area contributed by atoms with Gasteiger partial charge in [-0.15, -0.1) is 0 Å². The quantitative estimate of drug-likeness (QED) is 0.534. The number of benzene rings is 1. The van der Waals surface area contributed by atoms with Gasteiger partial charge in [0, 0.05) is 25.1 Å². The maximum absolute atomic E-state index is 3.46. The summed E-state index contributed by atoms with van der Waals surface area (Å²) in [6.07, 6.45) is 6.53. The zero-order valence-electron chi connectivity index (χ0n) is 10.4. The standard InChI is InChI=1S/C14H22BrN/c1-16(2)14-10-8-13(9-11-14)7-5-3-4-6-12-15/h8-11H,3-7,12H2,1-2H3. The number of unbranched alkanes of at least 4 members (excludes halogenated alkanes) is 3. The van der Waals surface area contributed by atoms with E-state index in [1.165, 1.54) is 43.4 Å². The molecule has 0 aromatic heterocycles. The lowest BCUT2D eigenvalue weighted by molar-refractivity contribution is 0.671. The van der Waals surface area contributed by atoms with Gasteiger partial charge >= 0.3 is 0 Å². The van der Waals surface area contributed by atoms with E-state index in [9.17, 15) is 0 Å². The molecule has 0 aliphatic carbocycles. The second kappa shape index (κ2) is 7.72. The molecule has 0 saturated heterocycles. The van der Waals surface area contributed by atoms with Crippen LogP contribution in [0, 0.1) is 0 Å². The highest BCUT2D eigenvalue weighted by atomic mass is 79.9. The molecule has 16 heavy (non-hydrogen) atoms. The molecule has 2 heteroatoms. The van der Waals surface area contributed by atoms with Crippen molar-refractivity contribution in [3.63, 3.8) is 0 Å². The van der Waals surface area contributed by atoms with E-state index in [1.54, 1.807) is 0 Å². The molecule has 0 spiro atoms. The van der Waals surface area contributed by atoms with Gasteiger partial charge in [0.05, 0.1) is 0 Å². The van der Waals surface area contributed by atoms with Gasteiger partial charge in [0.1, 0.15) is 0 Å². The van der Waals surface area contributed by atoms with E-state index in [0.717, 1.165) is 5.33 Å². The van der Waals surface area contributed by atoms with Gasteiger partial charge in [-0.1, -0.05) is 40.9 Å². The average Bonchev–Trinajstić information content (AvgIpc) is 2.29. The molecule has 0 unspecified atom stereocenters. The summed E-state index contributed by atoms with van der Waals surface area (Å²) in [5.74, 6) is 0. The number of halogens is 1. The highest BCUT2D eigenvalue weighted by Gasteiger charge is 1.96. The van der Waals surface area contributed by atoms with Crippen molar-refractivity contribution in [1.29, 1.82) is 0 Å². The summed E-state index contributed by atoms with van der Waals surface area (Å²) in [4.78, 5) is 2.14. The van der Waals surface area contributed by atoms with Gasteiger partial charge in [0.25, 0.3) is 0 Å². The Morgan fingerprint density at radius 3 is 2.12 bits per heavy atom. The Morgan fingerprint density at radius 2 is 1.56 bits per heavy atom. The van der Waals surface area contributed by atoms with E-state index < -0.39 is 0 Å². The van der Waals surface area contributed by atoms with Crippen molar-refractivity contribution in [2.24, 2.45) is 0 Å². The highest BCUT2D eigenvalue weighted by molar-refractivity contribution is 9.09. The average molecular weight is 284 g/mol. The summed E-state index contributed by atoms with van der Waals surface area (Å²) in [5.41, 5.74) is 2.74. The molecule has 0 heterocycles. The number of hydrogen-bond acceptors (Lipinski definition) is 1. The molecule has 0 radical (unpaired) electrons. The summed E-state index contributed by atoms with van der Waals surface area (Å²) in [7, 11) is 4.16. The Kier molecular flexibility index (Phi) is 6.55. The Hall–Kier alpha value is -0.500. The highest BCUT2D eigenvalue weighted by Crippen LogP contribution is 2.14. The van der Waals surface area contributed by atoms with Gasteiger partial charge in [0.2, 0.25) is 0 Å². The van der Waals surface area contributed by atoms with Crippen LogP contribution in [0.1, 0.15) is 31.2 Å². The number of hydrogen-bond donors (Lipinski definition) is 0. The first-order valence-corrected chi connectivity index (χ1v) is 7.18. The second-order valence-electron chi connectivity index (χ2n) is 4.41. The fourth-order valence-corrected chi connectivity index (χ4v) is 2.13. The van der Waals surface area contributed by atoms with Gasteiger partial charge in [0.15, 0.2) is 0 Å². The molecule has 0 N–H and O–H groups in total. The zero-order chi connectivity index (χ0) is 11.8. The smallest absolute Gasteiger partial charge is 0.0361 e. The number of nitrogens with zero attached hydrogens (tertiary/aromatic N) is 1. The van der Waals surface area contributed by atoms with Crippen LogP contribution < -0.4 is 4.90 Å². The maximum atomic E-state index is 3.46. The molecule has 1 nitrogen and oxygen atoms in total. The molecule has 90 valence electrons. The predicted molar refractivity (Wildman–Crippen MR) is 76.7 cm³/mol. The van der Waals surface area contributed by atoms with Crippen LogP contribution in [0.15, 0.2) is 24.3 Å². The summed E-state index contributed by atoms with van der Waals surface area (Å²) >= 11 is 3.46. The third-order valence-corrected chi connectivity index (χ3v) is 3.36. The van der Waals surface area contributed by atoms with Crippen LogP contribution in [0.5, 0.6) is 0 Å².